The number of aromatic nitrogens is 1. The molecule has 3 unspecified atom stereocenters. The largest absolute Gasteiger partial charge is 0.310 e. The molecule has 3 heterocycles. The van der Waals surface area contributed by atoms with Crippen molar-refractivity contribution in [3.63, 3.8) is 0 Å². The van der Waals surface area contributed by atoms with Gasteiger partial charge in [0.25, 0.3) is 0 Å². The zero-order chi connectivity index (χ0) is 11.8. The fourth-order valence-corrected chi connectivity index (χ4v) is 2.78. The van der Waals surface area contributed by atoms with Gasteiger partial charge in [-0.3, -0.25) is 4.79 Å². The first-order valence-corrected chi connectivity index (χ1v) is 5.91. The zero-order valence-electron chi connectivity index (χ0n) is 9.32. The third-order valence-corrected chi connectivity index (χ3v) is 3.62. The van der Waals surface area contributed by atoms with Crippen molar-refractivity contribution in [2.45, 2.75) is 31.3 Å². The van der Waals surface area contributed by atoms with E-state index < -0.39 is 5.82 Å². The third-order valence-electron chi connectivity index (χ3n) is 3.62. The molecule has 1 amide bonds. The lowest BCUT2D eigenvalue weighted by atomic mass is 9.88. The Balaban J connectivity index is 1.65. The molecule has 1 aromatic rings. The van der Waals surface area contributed by atoms with Crippen LogP contribution >= 0.6 is 0 Å². The molecule has 2 aliphatic heterocycles. The second-order valence-electron chi connectivity index (χ2n) is 4.74. The van der Waals surface area contributed by atoms with Crippen LogP contribution in [0.1, 0.15) is 19.3 Å². The number of pyridine rings is 1. The van der Waals surface area contributed by atoms with Crippen LogP contribution in [0.4, 0.5) is 10.2 Å². The minimum atomic E-state index is -0.399. The topological polar surface area (TPSA) is 54.0 Å². The van der Waals surface area contributed by atoms with Crippen LogP contribution in [-0.2, 0) is 4.79 Å². The van der Waals surface area contributed by atoms with E-state index in [1.54, 1.807) is 0 Å². The van der Waals surface area contributed by atoms with E-state index in [9.17, 15) is 9.18 Å². The molecule has 0 aliphatic carbocycles. The molecular weight excluding hydrogens is 221 g/mol. The highest BCUT2D eigenvalue weighted by molar-refractivity contribution is 5.92. The van der Waals surface area contributed by atoms with Gasteiger partial charge in [-0.05, 0) is 31.4 Å². The predicted molar refractivity (Wildman–Crippen MR) is 60.9 cm³/mol. The maximum absolute atomic E-state index is 12.7. The lowest BCUT2D eigenvalue weighted by Crippen LogP contribution is -2.33. The van der Waals surface area contributed by atoms with Crippen LogP contribution in [0.5, 0.6) is 0 Å². The maximum atomic E-state index is 12.7. The summed E-state index contributed by atoms with van der Waals surface area (Å²) in [6.45, 7) is 0. The van der Waals surface area contributed by atoms with Gasteiger partial charge in [0, 0.05) is 12.1 Å². The van der Waals surface area contributed by atoms with Crippen LogP contribution in [0.2, 0.25) is 0 Å². The first-order chi connectivity index (χ1) is 8.22. The molecule has 17 heavy (non-hydrogen) atoms. The summed E-state index contributed by atoms with van der Waals surface area (Å²) < 4.78 is 12.7. The second-order valence-corrected chi connectivity index (χ2v) is 4.74. The Labute approximate surface area is 98.6 Å². The summed E-state index contributed by atoms with van der Waals surface area (Å²) in [7, 11) is 0. The first kappa shape index (κ1) is 10.7. The van der Waals surface area contributed by atoms with Crippen molar-refractivity contribution >= 4 is 11.7 Å². The molecule has 0 saturated carbocycles. The van der Waals surface area contributed by atoms with Crippen molar-refractivity contribution in [2.75, 3.05) is 5.32 Å². The Bertz CT molecular complexity index is 434. The molecule has 90 valence electrons. The van der Waals surface area contributed by atoms with Crippen LogP contribution in [0, 0.1) is 11.7 Å². The van der Waals surface area contributed by atoms with E-state index in [0.717, 1.165) is 19.0 Å². The third kappa shape index (κ3) is 2.02. The fourth-order valence-electron chi connectivity index (χ4n) is 2.78. The summed E-state index contributed by atoms with van der Waals surface area (Å²) in [5.74, 6) is 0.0353. The van der Waals surface area contributed by atoms with Gasteiger partial charge in [0.15, 0.2) is 0 Å². The van der Waals surface area contributed by atoms with E-state index >= 15 is 0 Å². The van der Waals surface area contributed by atoms with Crippen molar-refractivity contribution in [1.82, 2.24) is 10.3 Å². The van der Waals surface area contributed by atoms with Crippen LogP contribution in [0.15, 0.2) is 18.3 Å². The number of carbonyl (C=O) groups excluding carboxylic acids is 1. The Kier molecular flexibility index (Phi) is 2.55. The van der Waals surface area contributed by atoms with E-state index in [0.29, 0.717) is 17.9 Å². The fraction of sp³-hybridized carbons (Fsp3) is 0.500. The highest BCUT2D eigenvalue weighted by Gasteiger charge is 2.42. The number of hydrogen-bond acceptors (Lipinski definition) is 3. The van der Waals surface area contributed by atoms with Crippen molar-refractivity contribution in [1.29, 1.82) is 0 Å². The van der Waals surface area contributed by atoms with Gasteiger partial charge in [-0.1, -0.05) is 0 Å². The van der Waals surface area contributed by atoms with Crippen molar-refractivity contribution in [2.24, 2.45) is 5.92 Å². The smallest absolute Gasteiger partial charge is 0.230 e. The van der Waals surface area contributed by atoms with E-state index in [-0.39, 0.29) is 11.8 Å². The molecule has 3 rings (SSSR count). The van der Waals surface area contributed by atoms with Gasteiger partial charge in [-0.2, -0.15) is 0 Å². The van der Waals surface area contributed by atoms with Gasteiger partial charge in [-0.25, -0.2) is 9.37 Å². The maximum Gasteiger partial charge on any atom is 0.230 e. The van der Waals surface area contributed by atoms with Crippen LogP contribution in [-0.4, -0.2) is 23.0 Å². The minimum Gasteiger partial charge on any atom is -0.310 e. The molecule has 2 saturated heterocycles. The molecule has 2 aliphatic rings. The van der Waals surface area contributed by atoms with Crippen molar-refractivity contribution < 1.29 is 9.18 Å². The second kappa shape index (κ2) is 4.07. The molecule has 3 atom stereocenters. The number of halogens is 1. The first-order valence-electron chi connectivity index (χ1n) is 5.91. The summed E-state index contributed by atoms with van der Waals surface area (Å²) in [5.41, 5.74) is 0. The molecule has 2 N–H and O–H groups in total. The van der Waals surface area contributed by atoms with E-state index in [4.69, 9.17) is 0 Å². The lowest BCUT2D eigenvalue weighted by molar-refractivity contribution is -0.120. The summed E-state index contributed by atoms with van der Waals surface area (Å²) in [6, 6.07) is 3.58. The standard InChI is InChI=1S/C12H14FN3O/c13-7-1-4-11(14-6-7)16-12(17)9-5-8-2-3-10(9)15-8/h1,4,6,8-10,15H,2-3,5H2,(H,14,16,17). The molecule has 2 bridgehead atoms. The quantitative estimate of drug-likeness (QED) is 0.812. The monoisotopic (exact) mass is 235 g/mol. The minimum absolute atomic E-state index is 0.0104. The van der Waals surface area contributed by atoms with E-state index in [1.807, 2.05) is 0 Å². The number of amides is 1. The number of anilines is 1. The highest BCUT2D eigenvalue weighted by Crippen LogP contribution is 2.33. The average Bonchev–Trinajstić information content (AvgIpc) is 2.94. The SMILES string of the molecule is O=C(Nc1ccc(F)cn1)C1CC2CCC1N2. The summed E-state index contributed by atoms with van der Waals surface area (Å²) in [5, 5.41) is 6.15. The number of nitrogens with zero attached hydrogens (tertiary/aromatic N) is 1. The predicted octanol–water partition coefficient (Wildman–Crippen LogP) is 1.30. The Hall–Kier alpha value is -1.49. The van der Waals surface area contributed by atoms with Crippen LogP contribution < -0.4 is 10.6 Å². The molecule has 4 nitrogen and oxygen atoms in total. The molecule has 5 heteroatoms. The van der Waals surface area contributed by atoms with Crippen LogP contribution in [0.25, 0.3) is 0 Å². The Morgan fingerprint density at radius 1 is 1.47 bits per heavy atom. The van der Waals surface area contributed by atoms with Gasteiger partial charge >= 0.3 is 0 Å². The van der Waals surface area contributed by atoms with Crippen molar-refractivity contribution in [3.05, 3.63) is 24.1 Å². The number of nitrogens with one attached hydrogen (secondary N) is 2. The number of carbonyl (C=O) groups is 1. The van der Waals surface area contributed by atoms with E-state index in [1.165, 1.54) is 18.6 Å². The zero-order valence-corrected chi connectivity index (χ0v) is 9.32. The van der Waals surface area contributed by atoms with Gasteiger partial charge in [0.2, 0.25) is 5.91 Å². The summed E-state index contributed by atoms with van der Waals surface area (Å²) in [4.78, 5) is 15.8. The number of hydrogen-bond donors (Lipinski definition) is 2. The summed E-state index contributed by atoms with van der Waals surface area (Å²) >= 11 is 0. The average molecular weight is 235 g/mol. The molecule has 2 fully saturated rings. The van der Waals surface area contributed by atoms with E-state index in [2.05, 4.69) is 15.6 Å². The van der Waals surface area contributed by atoms with Gasteiger partial charge in [0.1, 0.15) is 11.6 Å². The Morgan fingerprint density at radius 3 is 2.94 bits per heavy atom. The number of rotatable bonds is 2. The molecule has 1 aromatic heterocycles. The normalized spacial score (nSPS) is 30.5. The lowest BCUT2D eigenvalue weighted by Gasteiger charge is -2.18. The van der Waals surface area contributed by atoms with Crippen LogP contribution in [0.3, 0.4) is 0 Å². The molecule has 0 radical (unpaired) electrons. The van der Waals surface area contributed by atoms with Gasteiger partial charge < -0.3 is 10.6 Å². The highest BCUT2D eigenvalue weighted by atomic mass is 19.1. The molecular formula is C12H14FN3O. The molecule has 0 aromatic carbocycles. The Morgan fingerprint density at radius 2 is 2.35 bits per heavy atom. The van der Waals surface area contributed by atoms with Gasteiger partial charge in [-0.15, -0.1) is 0 Å². The van der Waals surface area contributed by atoms with Gasteiger partial charge in [0.05, 0.1) is 12.1 Å². The molecule has 0 spiro atoms. The van der Waals surface area contributed by atoms with Crippen molar-refractivity contribution in [3.8, 4) is 0 Å². The summed E-state index contributed by atoms with van der Waals surface area (Å²) in [6.07, 6.45) is 4.25. The number of fused-ring (bicyclic) bond motifs is 2.